The molecule has 25 heavy (non-hydrogen) atoms. The van der Waals surface area contributed by atoms with Gasteiger partial charge in [-0.2, -0.15) is 5.10 Å². The maximum absolute atomic E-state index is 11.5. The summed E-state index contributed by atoms with van der Waals surface area (Å²) in [6.07, 6.45) is 1.76. The van der Waals surface area contributed by atoms with E-state index in [-0.39, 0.29) is 6.04 Å². The van der Waals surface area contributed by atoms with Gasteiger partial charge < -0.3 is 10.5 Å². The smallest absolute Gasteiger partial charge is 0.248 e. The first kappa shape index (κ1) is 16.8. The van der Waals surface area contributed by atoms with E-state index in [0.717, 1.165) is 16.8 Å². The number of primary amides is 1. The van der Waals surface area contributed by atoms with Crippen LogP contribution in [0.5, 0.6) is 5.75 Å². The predicted molar refractivity (Wildman–Crippen MR) is 97.3 cm³/mol. The standard InChI is InChI=1S/C20H21N3O2/c1-14(2)23-18(10-11-22-23)17-9-8-16(20(21)24)12-19(17)25-13-15-6-4-3-5-7-15/h3-12,14H,13H2,1-2H3,(H2,21,24). The van der Waals surface area contributed by atoms with Crippen LogP contribution in [0.15, 0.2) is 60.8 Å². The van der Waals surface area contributed by atoms with Crippen LogP contribution in [0.2, 0.25) is 0 Å². The van der Waals surface area contributed by atoms with E-state index in [1.54, 1.807) is 18.3 Å². The van der Waals surface area contributed by atoms with Crippen LogP contribution in [0, 0.1) is 0 Å². The van der Waals surface area contributed by atoms with Crippen LogP contribution < -0.4 is 10.5 Å². The third kappa shape index (κ3) is 3.71. The van der Waals surface area contributed by atoms with Gasteiger partial charge in [-0.25, -0.2) is 0 Å². The number of nitrogens with two attached hydrogens (primary N) is 1. The summed E-state index contributed by atoms with van der Waals surface area (Å²) in [4.78, 5) is 11.5. The van der Waals surface area contributed by atoms with Crippen LogP contribution in [-0.2, 0) is 6.61 Å². The van der Waals surface area contributed by atoms with Gasteiger partial charge in [0.15, 0.2) is 0 Å². The van der Waals surface area contributed by atoms with Gasteiger partial charge in [-0.3, -0.25) is 9.48 Å². The molecule has 0 saturated heterocycles. The quantitative estimate of drug-likeness (QED) is 0.744. The molecular formula is C20H21N3O2. The van der Waals surface area contributed by atoms with Crippen LogP contribution in [0.1, 0.15) is 35.8 Å². The van der Waals surface area contributed by atoms with Crippen LogP contribution in [0.3, 0.4) is 0 Å². The number of nitrogens with zero attached hydrogens (tertiary/aromatic N) is 2. The van der Waals surface area contributed by atoms with Crippen molar-refractivity contribution in [2.24, 2.45) is 5.73 Å². The highest BCUT2D eigenvalue weighted by Gasteiger charge is 2.15. The third-order valence-electron chi connectivity index (χ3n) is 3.94. The van der Waals surface area contributed by atoms with E-state index in [0.29, 0.717) is 17.9 Å². The lowest BCUT2D eigenvalue weighted by Gasteiger charge is -2.16. The summed E-state index contributed by atoms with van der Waals surface area (Å²) in [7, 11) is 0. The molecule has 0 aliphatic rings. The van der Waals surface area contributed by atoms with Crippen LogP contribution in [-0.4, -0.2) is 15.7 Å². The Labute approximate surface area is 147 Å². The first-order valence-corrected chi connectivity index (χ1v) is 8.20. The number of benzene rings is 2. The third-order valence-corrected chi connectivity index (χ3v) is 3.94. The zero-order chi connectivity index (χ0) is 17.8. The largest absolute Gasteiger partial charge is 0.488 e. The predicted octanol–water partition coefficient (Wildman–Crippen LogP) is 3.81. The average molecular weight is 335 g/mol. The van der Waals surface area contributed by atoms with Gasteiger partial charge in [0.05, 0.1) is 5.69 Å². The minimum Gasteiger partial charge on any atom is -0.488 e. The van der Waals surface area contributed by atoms with Crippen molar-refractivity contribution in [2.75, 3.05) is 0 Å². The zero-order valence-corrected chi connectivity index (χ0v) is 14.3. The number of hydrogen-bond acceptors (Lipinski definition) is 3. The van der Waals surface area contributed by atoms with Gasteiger partial charge in [0, 0.05) is 23.4 Å². The summed E-state index contributed by atoms with van der Waals surface area (Å²) in [5.41, 5.74) is 8.72. The first-order chi connectivity index (χ1) is 12.1. The van der Waals surface area contributed by atoms with Crippen molar-refractivity contribution in [3.63, 3.8) is 0 Å². The maximum Gasteiger partial charge on any atom is 0.248 e. The molecular weight excluding hydrogens is 314 g/mol. The van der Waals surface area contributed by atoms with Crippen molar-refractivity contribution in [3.8, 4) is 17.0 Å². The summed E-state index contributed by atoms with van der Waals surface area (Å²) in [5.74, 6) is 0.135. The molecule has 0 saturated carbocycles. The number of rotatable bonds is 6. The molecule has 0 aliphatic carbocycles. The van der Waals surface area contributed by atoms with Crippen molar-refractivity contribution in [2.45, 2.75) is 26.5 Å². The molecule has 0 aliphatic heterocycles. The Balaban J connectivity index is 1.99. The Morgan fingerprint density at radius 2 is 1.92 bits per heavy atom. The summed E-state index contributed by atoms with van der Waals surface area (Å²) < 4.78 is 7.95. The highest BCUT2D eigenvalue weighted by Crippen LogP contribution is 2.32. The minimum absolute atomic E-state index is 0.211. The zero-order valence-electron chi connectivity index (χ0n) is 14.3. The molecule has 3 aromatic rings. The van der Waals surface area contributed by atoms with Gasteiger partial charge in [0.1, 0.15) is 12.4 Å². The molecule has 2 N–H and O–H groups in total. The molecule has 128 valence electrons. The lowest BCUT2D eigenvalue weighted by molar-refractivity contribution is 0.1000. The Hall–Kier alpha value is -3.08. The van der Waals surface area contributed by atoms with Gasteiger partial charge in [-0.1, -0.05) is 30.3 Å². The normalized spacial score (nSPS) is 10.8. The molecule has 0 bridgehead atoms. The fourth-order valence-electron chi connectivity index (χ4n) is 2.68. The van der Waals surface area contributed by atoms with Crippen molar-refractivity contribution in [1.29, 1.82) is 0 Å². The second-order valence-electron chi connectivity index (χ2n) is 6.10. The van der Waals surface area contributed by atoms with Crippen LogP contribution in [0.4, 0.5) is 0 Å². The highest BCUT2D eigenvalue weighted by molar-refractivity contribution is 5.94. The second kappa shape index (κ2) is 7.21. The lowest BCUT2D eigenvalue weighted by atomic mass is 10.1. The SMILES string of the molecule is CC(C)n1nccc1-c1ccc(C(N)=O)cc1OCc1ccccc1. The minimum atomic E-state index is -0.478. The van der Waals surface area contributed by atoms with E-state index in [1.165, 1.54) is 0 Å². The first-order valence-electron chi connectivity index (χ1n) is 8.20. The molecule has 5 heteroatoms. The topological polar surface area (TPSA) is 70.1 Å². The molecule has 1 aromatic heterocycles. The van der Waals surface area contributed by atoms with E-state index in [2.05, 4.69) is 18.9 Å². The summed E-state index contributed by atoms with van der Waals surface area (Å²) in [6.45, 7) is 4.55. The molecule has 1 amide bonds. The fourth-order valence-corrected chi connectivity index (χ4v) is 2.68. The molecule has 5 nitrogen and oxygen atoms in total. The molecule has 0 spiro atoms. The van der Waals surface area contributed by atoms with Crippen molar-refractivity contribution in [1.82, 2.24) is 9.78 Å². The molecule has 0 fully saturated rings. The van der Waals surface area contributed by atoms with E-state index in [4.69, 9.17) is 10.5 Å². The van der Waals surface area contributed by atoms with Crippen LogP contribution >= 0.6 is 0 Å². The number of carbonyl (C=O) groups excluding carboxylic acids is 1. The molecule has 0 unspecified atom stereocenters. The van der Waals surface area contributed by atoms with Gasteiger partial charge >= 0.3 is 0 Å². The highest BCUT2D eigenvalue weighted by atomic mass is 16.5. The number of aromatic nitrogens is 2. The molecule has 2 aromatic carbocycles. The van der Waals surface area contributed by atoms with Crippen molar-refractivity contribution >= 4 is 5.91 Å². The van der Waals surface area contributed by atoms with E-state index in [9.17, 15) is 4.79 Å². The number of ether oxygens (including phenoxy) is 1. The number of carbonyl (C=O) groups is 1. The summed E-state index contributed by atoms with van der Waals surface area (Å²) >= 11 is 0. The second-order valence-corrected chi connectivity index (χ2v) is 6.10. The van der Waals surface area contributed by atoms with Crippen molar-refractivity contribution < 1.29 is 9.53 Å². The lowest BCUT2D eigenvalue weighted by Crippen LogP contribution is -2.12. The Bertz CT molecular complexity index is 870. The number of hydrogen-bond donors (Lipinski definition) is 1. The van der Waals surface area contributed by atoms with Crippen LogP contribution in [0.25, 0.3) is 11.3 Å². The van der Waals surface area contributed by atoms with E-state index < -0.39 is 5.91 Å². The monoisotopic (exact) mass is 335 g/mol. The van der Waals surface area contributed by atoms with Gasteiger partial charge in [-0.15, -0.1) is 0 Å². The average Bonchev–Trinajstić information content (AvgIpc) is 3.10. The molecule has 0 atom stereocenters. The maximum atomic E-state index is 11.5. The van der Waals surface area contributed by atoms with E-state index in [1.807, 2.05) is 47.1 Å². The molecule has 3 rings (SSSR count). The molecule has 1 heterocycles. The fraction of sp³-hybridized carbons (Fsp3) is 0.200. The Morgan fingerprint density at radius 1 is 1.16 bits per heavy atom. The van der Waals surface area contributed by atoms with Gasteiger partial charge in [-0.05, 0) is 43.7 Å². The number of amides is 1. The summed E-state index contributed by atoms with van der Waals surface area (Å²) in [5, 5.41) is 4.38. The van der Waals surface area contributed by atoms with Gasteiger partial charge in [0.25, 0.3) is 0 Å². The summed E-state index contributed by atoms with van der Waals surface area (Å²) in [6, 6.07) is 17.3. The van der Waals surface area contributed by atoms with Crippen molar-refractivity contribution in [3.05, 3.63) is 71.9 Å². The van der Waals surface area contributed by atoms with Gasteiger partial charge in [0.2, 0.25) is 5.91 Å². The van der Waals surface area contributed by atoms with E-state index >= 15 is 0 Å². The Morgan fingerprint density at radius 3 is 2.60 bits per heavy atom. The Kier molecular flexibility index (Phi) is 4.84. The molecule has 0 radical (unpaired) electrons.